The third-order valence-corrected chi connectivity index (χ3v) is 4.05. The minimum atomic E-state index is -0.821. The molecule has 0 aliphatic carbocycles. The van der Waals surface area contributed by atoms with Gasteiger partial charge in [-0.25, -0.2) is 9.69 Å². The van der Waals surface area contributed by atoms with Gasteiger partial charge < -0.3 is 15.3 Å². The molecule has 1 aliphatic rings. The van der Waals surface area contributed by atoms with E-state index in [0.717, 1.165) is 17.1 Å². The van der Waals surface area contributed by atoms with Gasteiger partial charge in [0.15, 0.2) is 5.84 Å². The summed E-state index contributed by atoms with van der Waals surface area (Å²) in [5.41, 5.74) is 6.54. The molecule has 28 heavy (non-hydrogen) atoms. The lowest BCUT2D eigenvalue weighted by atomic mass is 10.2. The molecule has 1 aliphatic heterocycles. The first-order chi connectivity index (χ1) is 13.4. The van der Waals surface area contributed by atoms with Gasteiger partial charge in [0.1, 0.15) is 5.75 Å². The number of halogens is 1. The second kappa shape index (κ2) is 7.93. The van der Waals surface area contributed by atoms with Crippen molar-refractivity contribution in [3.05, 3.63) is 70.8 Å². The molecule has 2 aromatic rings. The Labute approximate surface area is 164 Å². The highest BCUT2D eigenvalue weighted by molar-refractivity contribution is 6.31. The van der Waals surface area contributed by atoms with E-state index in [4.69, 9.17) is 26.9 Å². The van der Waals surface area contributed by atoms with E-state index in [1.807, 2.05) is 0 Å². The van der Waals surface area contributed by atoms with Gasteiger partial charge in [-0.3, -0.25) is 9.59 Å². The number of benzene rings is 2. The number of oxime groups is 1. The molecular weight excluding hydrogens is 386 g/mol. The van der Waals surface area contributed by atoms with Crippen LogP contribution in [0.25, 0.3) is 0 Å². The molecule has 1 heterocycles. The number of nitrogens with two attached hydrogens (primary N) is 1. The number of amidine groups is 1. The van der Waals surface area contributed by atoms with Crippen molar-refractivity contribution in [1.29, 1.82) is 0 Å². The van der Waals surface area contributed by atoms with E-state index in [1.54, 1.807) is 12.1 Å². The van der Waals surface area contributed by atoms with Gasteiger partial charge >= 0.3 is 5.97 Å². The molecule has 8 nitrogen and oxygen atoms in total. The van der Waals surface area contributed by atoms with Crippen LogP contribution in [0.15, 0.2) is 59.8 Å². The summed E-state index contributed by atoms with van der Waals surface area (Å²) in [6.45, 7) is 0. The van der Waals surface area contributed by atoms with Gasteiger partial charge in [0, 0.05) is 17.2 Å². The molecule has 0 spiro atoms. The van der Waals surface area contributed by atoms with Crippen molar-refractivity contribution in [3.63, 3.8) is 0 Å². The van der Waals surface area contributed by atoms with Crippen LogP contribution in [0.2, 0.25) is 5.02 Å². The number of amides is 2. The van der Waals surface area contributed by atoms with Crippen LogP contribution in [-0.2, 0) is 14.4 Å². The maximum atomic E-state index is 12.3. The Hall–Kier alpha value is -3.65. The zero-order chi connectivity index (χ0) is 20.3. The smallest absolute Gasteiger partial charge is 0.365 e. The van der Waals surface area contributed by atoms with Crippen LogP contribution in [0, 0.1) is 0 Å². The highest BCUT2D eigenvalue weighted by atomic mass is 35.5. The van der Waals surface area contributed by atoms with Crippen molar-refractivity contribution < 1.29 is 24.0 Å². The predicted molar refractivity (Wildman–Crippen MR) is 102 cm³/mol. The molecule has 9 heteroatoms. The monoisotopic (exact) mass is 399 g/mol. The quantitative estimate of drug-likeness (QED) is 0.271. The SMILES string of the molecule is COc1ccc(Cl)cc1/C(N)=N/OC(=O)c1cccc(N2C(=O)C=CC2=O)c1. The van der Waals surface area contributed by atoms with Crippen LogP contribution in [0.1, 0.15) is 15.9 Å². The van der Waals surface area contributed by atoms with Crippen LogP contribution < -0.4 is 15.4 Å². The minimum Gasteiger partial charge on any atom is -0.496 e. The first kappa shape index (κ1) is 19.1. The number of methoxy groups -OCH3 is 1. The van der Waals surface area contributed by atoms with Crippen LogP contribution in [0.4, 0.5) is 5.69 Å². The summed E-state index contributed by atoms with van der Waals surface area (Å²) in [5.74, 6) is -1.52. The second-order valence-corrected chi connectivity index (χ2v) is 6.03. The third-order valence-electron chi connectivity index (χ3n) is 3.81. The molecule has 2 aromatic carbocycles. The van der Waals surface area contributed by atoms with Crippen molar-refractivity contribution in [1.82, 2.24) is 0 Å². The molecule has 0 unspecified atom stereocenters. The largest absolute Gasteiger partial charge is 0.496 e. The highest BCUT2D eigenvalue weighted by Gasteiger charge is 2.25. The van der Waals surface area contributed by atoms with Crippen LogP contribution in [0.5, 0.6) is 5.75 Å². The van der Waals surface area contributed by atoms with Crippen molar-refractivity contribution in [2.24, 2.45) is 10.9 Å². The Kier molecular flexibility index (Phi) is 5.42. The number of carbonyl (C=O) groups is 3. The van der Waals surface area contributed by atoms with Gasteiger partial charge in [-0.05, 0) is 36.4 Å². The summed E-state index contributed by atoms with van der Waals surface area (Å²) < 4.78 is 5.17. The normalized spacial score (nSPS) is 13.8. The summed E-state index contributed by atoms with van der Waals surface area (Å²) >= 11 is 5.94. The molecule has 2 amide bonds. The minimum absolute atomic E-state index is 0.0830. The van der Waals surface area contributed by atoms with Gasteiger partial charge in [-0.1, -0.05) is 22.8 Å². The Bertz CT molecular complexity index is 1010. The van der Waals surface area contributed by atoms with Gasteiger partial charge in [0.25, 0.3) is 11.8 Å². The molecule has 2 N–H and O–H groups in total. The maximum absolute atomic E-state index is 12.3. The number of rotatable bonds is 5. The van der Waals surface area contributed by atoms with E-state index in [1.165, 1.54) is 37.4 Å². The van der Waals surface area contributed by atoms with Crippen LogP contribution >= 0.6 is 11.6 Å². The van der Waals surface area contributed by atoms with Gasteiger partial charge in [0.2, 0.25) is 0 Å². The van der Waals surface area contributed by atoms with E-state index in [-0.39, 0.29) is 17.1 Å². The van der Waals surface area contributed by atoms with Crippen LogP contribution in [-0.4, -0.2) is 30.7 Å². The second-order valence-electron chi connectivity index (χ2n) is 5.60. The van der Waals surface area contributed by atoms with E-state index in [2.05, 4.69) is 5.16 Å². The zero-order valence-electron chi connectivity index (χ0n) is 14.6. The van der Waals surface area contributed by atoms with E-state index in [0.29, 0.717) is 16.3 Å². The predicted octanol–water partition coefficient (Wildman–Crippen LogP) is 2.26. The van der Waals surface area contributed by atoms with Gasteiger partial charge in [-0.15, -0.1) is 0 Å². The van der Waals surface area contributed by atoms with E-state index < -0.39 is 17.8 Å². The fraction of sp³-hybridized carbons (Fsp3) is 0.0526. The molecule has 0 saturated carbocycles. The van der Waals surface area contributed by atoms with Crippen LogP contribution in [0.3, 0.4) is 0 Å². The summed E-state index contributed by atoms with van der Waals surface area (Å²) in [6.07, 6.45) is 2.30. The Morgan fingerprint density at radius 3 is 2.50 bits per heavy atom. The summed E-state index contributed by atoms with van der Waals surface area (Å²) in [6, 6.07) is 10.6. The summed E-state index contributed by atoms with van der Waals surface area (Å²) in [5, 5.41) is 4.03. The average Bonchev–Trinajstić information content (AvgIpc) is 3.04. The number of hydrogen-bond acceptors (Lipinski definition) is 6. The van der Waals surface area contributed by atoms with Crippen molar-refractivity contribution >= 4 is 40.9 Å². The number of carbonyl (C=O) groups excluding carboxylic acids is 3. The lowest BCUT2D eigenvalue weighted by Gasteiger charge is -2.14. The summed E-state index contributed by atoms with van der Waals surface area (Å²) in [4.78, 5) is 41.6. The Balaban J connectivity index is 1.79. The first-order valence-electron chi connectivity index (χ1n) is 7.95. The van der Waals surface area contributed by atoms with Crippen molar-refractivity contribution in [2.75, 3.05) is 12.0 Å². The maximum Gasteiger partial charge on any atom is 0.365 e. The average molecular weight is 400 g/mol. The fourth-order valence-corrected chi connectivity index (χ4v) is 2.67. The number of ether oxygens (including phenoxy) is 1. The molecule has 0 radical (unpaired) electrons. The molecule has 0 aromatic heterocycles. The third kappa shape index (κ3) is 3.86. The molecule has 0 atom stereocenters. The lowest BCUT2D eigenvalue weighted by molar-refractivity contribution is -0.119. The molecule has 0 saturated heterocycles. The van der Waals surface area contributed by atoms with E-state index in [9.17, 15) is 14.4 Å². The van der Waals surface area contributed by atoms with Gasteiger partial charge in [0.05, 0.1) is 23.9 Å². The molecule has 3 rings (SSSR count). The molecule has 0 fully saturated rings. The topological polar surface area (TPSA) is 111 Å². The number of anilines is 1. The number of imide groups is 1. The summed E-state index contributed by atoms with van der Waals surface area (Å²) in [7, 11) is 1.45. The van der Waals surface area contributed by atoms with Crippen molar-refractivity contribution in [3.8, 4) is 5.75 Å². The Morgan fingerprint density at radius 1 is 1.11 bits per heavy atom. The number of nitrogens with zero attached hydrogens (tertiary/aromatic N) is 2. The van der Waals surface area contributed by atoms with Crippen molar-refractivity contribution in [2.45, 2.75) is 0 Å². The lowest BCUT2D eigenvalue weighted by Crippen LogP contribution is -2.29. The zero-order valence-corrected chi connectivity index (χ0v) is 15.3. The first-order valence-corrected chi connectivity index (χ1v) is 8.33. The molecular formula is C19H14ClN3O5. The highest BCUT2D eigenvalue weighted by Crippen LogP contribution is 2.23. The number of hydrogen-bond donors (Lipinski definition) is 1. The Morgan fingerprint density at radius 2 is 1.82 bits per heavy atom. The molecule has 0 bridgehead atoms. The fourth-order valence-electron chi connectivity index (χ4n) is 2.50. The van der Waals surface area contributed by atoms with Gasteiger partial charge in [-0.2, -0.15) is 0 Å². The van der Waals surface area contributed by atoms with E-state index >= 15 is 0 Å². The standard InChI is InChI=1S/C19H14ClN3O5/c1-27-15-6-5-12(20)10-14(15)18(21)22-28-19(26)11-3-2-4-13(9-11)23-16(24)7-8-17(23)25/h2-10H,1H3,(H2,21,22). The molecule has 142 valence electrons.